The summed E-state index contributed by atoms with van der Waals surface area (Å²) in [5.74, 6) is -6.39. The number of hydrogen-bond donors (Lipinski definition) is 4. The van der Waals surface area contributed by atoms with Crippen LogP contribution in [-0.4, -0.2) is 74.8 Å². The van der Waals surface area contributed by atoms with E-state index in [1.807, 2.05) is 13.2 Å². The fourth-order valence-electron chi connectivity index (χ4n) is 7.87. The minimum atomic E-state index is -0.901. The first-order valence-electron chi connectivity index (χ1n) is 27.9. The number of carbonyl (C=O) groups is 5. The van der Waals surface area contributed by atoms with Gasteiger partial charge in [-0.05, 0) is 127 Å². The van der Waals surface area contributed by atoms with Crippen molar-refractivity contribution in [3.63, 3.8) is 0 Å². The lowest BCUT2D eigenvalue weighted by atomic mass is 10.0. The van der Waals surface area contributed by atoms with Gasteiger partial charge in [0, 0.05) is 80.0 Å². The van der Waals surface area contributed by atoms with Crippen molar-refractivity contribution >= 4 is 58.2 Å². The van der Waals surface area contributed by atoms with Gasteiger partial charge in [-0.1, -0.05) is 55.5 Å². The van der Waals surface area contributed by atoms with E-state index in [2.05, 4.69) is 40.8 Å². The molecule has 27 heteroatoms. The maximum atomic E-state index is 14.6. The van der Waals surface area contributed by atoms with Crippen LogP contribution in [0.15, 0.2) is 194 Å². The molecule has 5 heterocycles. The minimum Gasteiger partial charge on any atom is -0.481 e. The number of aromatic nitrogens is 7. The number of aliphatic carboxylic acids is 1. The van der Waals surface area contributed by atoms with Crippen molar-refractivity contribution in [1.29, 1.82) is 0 Å². The summed E-state index contributed by atoms with van der Waals surface area (Å²) in [5, 5.41) is 20.8. The summed E-state index contributed by atoms with van der Waals surface area (Å²) in [4.78, 5) is 82.0. The number of ether oxygens (including phenoxy) is 2. The van der Waals surface area contributed by atoms with E-state index in [-0.39, 0.29) is 40.7 Å². The van der Waals surface area contributed by atoms with Crippen LogP contribution < -0.4 is 25.8 Å². The standard InChI is InChI=1S/C24H20F2N6O3.C15H13FN4O.C10H8FNO2.C9H8ClFO.C9H9FO2/c1-14(15-3-5-17(25)6-4-15)23(33)31-24(34)30-22-10-19(26)21(12-28-22)35-18-7-8-27-20(9-18)16-11-29-32(2)13-16;1-20-9-10(8-19-20)14-7-12(4-5-18-14)21-15-3-2-11(17)6-13(15)16;1-7(10(14)12-6-13)8-2-4-9(11)5-3-8;1-6(9(10)12)7-2-4-8(11)5-3-7;1-6(9(11)12)7-2-4-8(10)5-3-7/h3-14H,1-2H3,(H2,28,30,31,33,34);2-9H,17H2,1H3;2-5,7H,1H3;2-6H,1H3;2-6H,1H3,(H,11,12)/t14-;;7-;2*6-/m0.000/s1. The summed E-state index contributed by atoms with van der Waals surface area (Å²) in [7, 11) is 3.61. The molecular formula is C67H58ClF6N11O9. The Bertz CT molecular complexity index is 4210. The summed E-state index contributed by atoms with van der Waals surface area (Å²) in [5.41, 5.74) is 11.3. The molecule has 0 aliphatic rings. The molecule has 10 rings (SSSR count). The lowest BCUT2D eigenvalue weighted by molar-refractivity contribution is -0.138. The van der Waals surface area contributed by atoms with E-state index in [1.54, 1.807) is 111 Å². The van der Waals surface area contributed by atoms with Crippen molar-refractivity contribution in [2.45, 2.75) is 51.4 Å². The Labute approximate surface area is 538 Å². The van der Waals surface area contributed by atoms with Gasteiger partial charge in [-0.15, -0.1) is 4.99 Å². The summed E-state index contributed by atoms with van der Waals surface area (Å²) >= 11 is 5.27. The van der Waals surface area contributed by atoms with Crippen LogP contribution in [0.4, 0.5) is 42.6 Å². The van der Waals surface area contributed by atoms with Gasteiger partial charge in [-0.25, -0.2) is 40.9 Å². The zero-order chi connectivity index (χ0) is 68.6. The Morgan fingerprint density at radius 3 is 1.38 bits per heavy atom. The molecule has 0 aliphatic carbocycles. The molecule has 10 aromatic rings. The van der Waals surface area contributed by atoms with Gasteiger partial charge in [0.25, 0.3) is 5.91 Å². The van der Waals surface area contributed by atoms with Gasteiger partial charge in [0.1, 0.15) is 40.6 Å². The fraction of sp³-hybridized carbons (Fsp3) is 0.149. The van der Waals surface area contributed by atoms with Crippen LogP contribution >= 0.6 is 11.6 Å². The summed E-state index contributed by atoms with van der Waals surface area (Å²) in [6.45, 7) is 6.41. The highest BCUT2D eigenvalue weighted by Crippen LogP contribution is 2.30. The van der Waals surface area contributed by atoms with Crippen LogP contribution in [0.1, 0.15) is 73.6 Å². The average Bonchev–Trinajstić information content (AvgIpc) is 1.67. The quantitative estimate of drug-likeness (QED) is 0.0244. The lowest BCUT2D eigenvalue weighted by Crippen LogP contribution is -2.37. The number of nitrogen functional groups attached to an aromatic ring is 1. The average molecular weight is 1310 g/mol. The van der Waals surface area contributed by atoms with E-state index < -0.39 is 64.3 Å². The predicted molar refractivity (Wildman–Crippen MR) is 336 cm³/mol. The van der Waals surface area contributed by atoms with E-state index in [1.165, 1.54) is 109 Å². The first-order chi connectivity index (χ1) is 44.8. The summed E-state index contributed by atoms with van der Waals surface area (Å²) in [6, 6.07) is 33.0. The Morgan fingerprint density at radius 1 is 0.553 bits per heavy atom. The number of carboxylic acids is 1. The maximum Gasteiger partial charge on any atom is 0.327 e. The number of anilines is 2. The molecule has 5 aromatic heterocycles. The number of amides is 4. The molecule has 0 aliphatic heterocycles. The molecule has 0 fully saturated rings. The third-order valence-corrected chi connectivity index (χ3v) is 13.6. The third-order valence-electron chi connectivity index (χ3n) is 13.3. The number of halogens is 7. The van der Waals surface area contributed by atoms with Gasteiger partial charge in [0.05, 0.1) is 53.7 Å². The van der Waals surface area contributed by atoms with Crippen LogP contribution in [-0.2, 0) is 38.1 Å². The number of pyridine rings is 3. The molecule has 0 unspecified atom stereocenters. The maximum absolute atomic E-state index is 14.6. The predicted octanol–water partition coefficient (Wildman–Crippen LogP) is 13.9. The molecule has 0 spiro atoms. The molecular weight excluding hydrogens is 1250 g/mol. The monoisotopic (exact) mass is 1310 g/mol. The van der Waals surface area contributed by atoms with Crippen molar-refractivity contribution in [3.8, 4) is 45.5 Å². The van der Waals surface area contributed by atoms with Crippen LogP contribution in [0.5, 0.6) is 23.0 Å². The summed E-state index contributed by atoms with van der Waals surface area (Å²) < 4.78 is 93.2. The Hall–Kier alpha value is -11.6. The highest BCUT2D eigenvalue weighted by Gasteiger charge is 2.20. The first-order valence-corrected chi connectivity index (χ1v) is 28.3. The van der Waals surface area contributed by atoms with Gasteiger partial charge in [-0.2, -0.15) is 10.2 Å². The molecule has 0 bridgehead atoms. The molecule has 484 valence electrons. The molecule has 5 aromatic carbocycles. The molecule has 0 radical (unpaired) electrons. The van der Waals surface area contributed by atoms with Gasteiger partial charge in [0.15, 0.2) is 23.1 Å². The number of carbonyl (C=O) groups excluding carboxylic acids is 5. The normalized spacial score (nSPS) is 11.6. The number of urea groups is 1. The van der Waals surface area contributed by atoms with Crippen LogP contribution in [0.3, 0.4) is 0 Å². The Morgan fingerprint density at radius 2 is 0.979 bits per heavy atom. The second kappa shape index (κ2) is 34.5. The third kappa shape index (κ3) is 22.1. The number of carboxylic acid groups (broad SMARTS) is 1. The molecule has 94 heavy (non-hydrogen) atoms. The number of imide groups is 1. The van der Waals surface area contributed by atoms with Crippen LogP contribution in [0, 0.1) is 34.9 Å². The minimum absolute atomic E-state index is 0.118. The molecule has 4 atom stereocenters. The number of hydrogen-bond acceptors (Lipinski definition) is 14. The van der Waals surface area contributed by atoms with Crippen molar-refractivity contribution in [1.82, 2.24) is 39.8 Å². The Balaban J connectivity index is 0.000000202. The van der Waals surface area contributed by atoms with Gasteiger partial charge >= 0.3 is 12.0 Å². The van der Waals surface area contributed by atoms with Crippen molar-refractivity contribution in [3.05, 3.63) is 246 Å². The zero-order valence-electron chi connectivity index (χ0n) is 50.7. The zero-order valence-corrected chi connectivity index (χ0v) is 51.5. The van der Waals surface area contributed by atoms with E-state index in [0.717, 1.165) is 29.0 Å². The van der Waals surface area contributed by atoms with Gasteiger partial charge < -0.3 is 20.3 Å². The van der Waals surface area contributed by atoms with Crippen molar-refractivity contribution in [2.24, 2.45) is 19.1 Å². The van der Waals surface area contributed by atoms with Crippen molar-refractivity contribution < 1.29 is 69.7 Å². The van der Waals surface area contributed by atoms with Gasteiger partial charge in [-0.3, -0.25) is 49.1 Å². The first kappa shape index (κ1) is 71.4. The lowest BCUT2D eigenvalue weighted by Gasteiger charge is -2.13. The van der Waals surface area contributed by atoms with E-state index in [4.69, 9.17) is 31.9 Å². The second-order valence-electron chi connectivity index (χ2n) is 20.2. The summed E-state index contributed by atoms with van der Waals surface area (Å²) in [6.07, 6.45) is 12.4. The van der Waals surface area contributed by atoms with Crippen LogP contribution in [0.25, 0.3) is 22.5 Å². The smallest absolute Gasteiger partial charge is 0.327 e. The fourth-order valence-corrected chi connectivity index (χ4v) is 8.00. The highest BCUT2D eigenvalue weighted by molar-refractivity contribution is 6.64. The van der Waals surface area contributed by atoms with E-state index in [9.17, 15) is 55.1 Å². The largest absolute Gasteiger partial charge is 0.481 e. The number of isocyanates is 1. The van der Waals surface area contributed by atoms with E-state index >= 15 is 0 Å². The number of aryl methyl sites for hydroxylation is 2. The van der Waals surface area contributed by atoms with E-state index in [0.29, 0.717) is 45.3 Å². The molecule has 20 nitrogen and oxygen atoms in total. The Kier molecular flexibility index (Phi) is 26.2. The highest BCUT2D eigenvalue weighted by atomic mass is 35.5. The molecule has 0 saturated carbocycles. The molecule has 5 N–H and O–H groups in total. The second-order valence-corrected chi connectivity index (χ2v) is 20.5. The SMILES string of the molecule is C[C@H](C(=O)Cl)c1ccc(F)cc1.C[C@H](C(=O)N=C=O)c1ccc(F)cc1.C[C@H](C(=O)NC(=O)Nc1cc(F)c(Oc2ccnc(-c3cnn(C)c3)c2)cn1)c1ccc(F)cc1.C[C@H](C(=O)O)c1ccc(F)cc1.Cn1cc(-c2cc(Oc3ccc(N)cc3F)ccn2)cn1. The number of nitrogens with two attached hydrogens (primary N) is 1. The number of benzene rings is 5. The van der Waals surface area contributed by atoms with Crippen LogP contribution in [0.2, 0.25) is 0 Å². The number of nitrogens with one attached hydrogen (secondary N) is 2. The molecule has 0 saturated heterocycles. The molecule has 4 amide bonds. The topological polar surface area (TPSA) is 278 Å². The number of nitrogens with zero attached hydrogens (tertiary/aromatic N) is 8. The van der Waals surface area contributed by atoms with Crippen molar-refractivity contribution in [2.75, 3.05) is 11.1 Å². The number of aliphatic imine (C=N–C) groups is 1. The van der Waals surface area contributed by atoms with Gasteiger partial charge in [0.2, 0.25) is 17.2 Å². The number of rotatable bonds is 15.